The van der Waals surface area contributed by atoms with Gasteiger partial charge in [-0.3, -0.25) is 0 Å². The van der Waals surface area contributed by atoms with Crippen molar-refractivity contribution in [3.63, 3.8) is 0 Å². The van der Waals surface area contributed by atoms with Crippen molar-refractivity contribution in [3.05, 3.63) is 56.7 Å². The third kappa shape index (κ3) is 5.32. The molecule has 1 heterocycles. The van der Waals surface area contributed by atoms with Crippen molar-refractivity contribution >= 4 is 29.3 Å². The first-order valence-electron chi connectivity index (χ1n) is 9.20. The van der Waals surface area contributed by atoms with Gasteiger partial charge in [0, 0.05) is 17.8 Å². The second-order valence-electron chi connectivity index (χ2n) is 6.30. The molecule has 0 aromatic heterocycles. The Morgan fingerprint density at radius 2 is 2.11 bits per heavy atom. The molecule has 2 rings (SSSR count). The van der Waals surface area contributed by atoms with Crippen molar-refractivity contribution < 1.29 is 14.3 Å². The van der Waals surface area contributed by atoms with Gasteiger partial charge in [-0.2, -0.15) is 5.26 Å². The van der Waals surface area contributed by atoms with Crippen LogP contribution in [0, 0.1) is 11.3 Å². The number of methoxy groups -OCH3 is 1. The number of dihydropyridines is 1. The summed E-state index contributed by atoms with van der Waals surface area (Å²) in [6.45, 7) is 4.40. The summed E-state index contributed by atoms with van der Waals surface area (Å²) in [5.74, 6) is -0.156. The number of unbranched alkanes of at least 4 members (excludes halogenated alkanes) is 1. The Balaban J connectivity index is 2.49. The van der Waals surface area contributed by atoms with Crippen LogP contribution in [0.2, 0.25) is 5.02 Å². The Bertz CT molecular complexity index is 814. The van der Waals surface area contributed by atoms with Crippen LogP contribution in [0.4, 0.5) is 0 Å². The van der Waals surface area contributed by atoms with Crippen molar-refractivity contribution in [2.24, 2.45) is 0 Å². The molecule has 0 fully saturated rings. The van der Waals surface area contributed by atoms with E-state index in [0.717, 1.165) is 23.6 Å². The van der Waals surface area contributed by atoms with Crippen LogP contribution in [-0.4, -0.2) is 32.0 Å². The smallest absolute Gasteiger partial charge is 0.336 e. The fourth-order valence-electron chi connectivity index (χ4n) is 2.93. The number of allylic oxidation sites excluding steroid dienone is 2. The summed E-state index contributed by atoms with van der Waals surface area (Å²) in [4.78, 5) is 12.8. The molecular weight excluding hydrogens is 396 g/mol. The zero-order valence-corrected chi connectivity index (χ0v) is 18.0. The minimum atomic E-state index is -0.570. The SMILES string of the molecule is CCCCSC1=C(C#N)[C@H](c2ccccc2Cl)C(C(=O)OCCOC)=C(C)N1. The monoisotopic (exact) mass is 420 g/mol. The van der Waals surface area contributed by atoms with Crippen molar-refractivity contribution in [1.29, 1.82) is 5.26 Å². The minimum absolute atomic E-state index is 0.144. The highest BCUT2D eigenvalue weighted by Crippen LogP contribution is 2.43. The topological polar surface area (TPSA) is 71.4 Å². The highest BCUT2D eigenvalue weighted by molar-refractivity contribution is 8.03. The second-order valence-corrected chi connectivity index (χ2v) is 7.82. The molecule has 5 nitrogen and oxygen atoms in total. The van der Waals surface area contributed by atoms with Crippen LogP contribution in [0.3, 0.4) is 0 Å². The van der Waals surface area contributed by atoms with Gasteiger partial charge in [0.15, 0.2) is 0 Å². The van der Waals surface area contributed by atoms with Crippen LogP contribution in [0.1, 0.15) is 38.2 Å². The maximum atomic E-state index is 12.8. The molecule has 0 saturated heterocycles. The lowest BCUT2D eigenvalue weighted by Crippen LogP contribution is -2.29. The van der Waals surface area contributed by atoms with Crippen LogP contribution >= 0.6 is 23.4 Å². The second kappa shape index (κ2) is 11.2. The van der Waals surface area contributed by atoms with Crippen LogP contribution in [0.25, 0.3) is 0 Å². The lowest BCUT2D eigenvalue weighted by Gasteiger charge is -2.29. The Labute approximate surface area is 175 Å². The van der Waals surface area contributed by atoms with E-state index in [4.69, 9.17) is 21.1 Å². The van der Waals surface area contributed by atoms with Gasteiger partial charge >= 0.3 is 5.97 Å². The lowest BCUT2D eigenvalue weighted by molar-refractivity contribution is -0.140. The van der Waals surface area contributed by atoms with E-state index in [2.05, 4.69) is 18.3 Å². The highest BCUT2D eigenvalue weighted by atomic mass is 35.5. The summed E-state index contributed by atoms with van der Waals surface area (Å²) in [6, 6.07) is 9.59. The Morgan fingerprint density at radius 3 is 2.75 bits per heavy atom. The van der Waals surface area contributed by atoms with Crippen molar-refractivity contribution in [2.45, 2.75) is 32.6 Å². The maximum absolute atomic E-state index is 12.8. The first kappa shape index (κ1) is 22.4. The van der Waals surface area contributed by atoms with Crippen molar-refractivity contribution in [1.82, 2.24) is 5.32 Å². The molecule has 1 aromatic carbocycles. The summed E-state index contributed by atoms with van der Waals surface area (Å²) in [5, 5.41) is 14.5. The molecule has 0 radical (unpaired) electrons. The van der Waals surface area contributed by atoms with Crippen LogP contribution in [0.15, 0.2) is 46.1 Å². The molecule has 150 valence electrons. The van der Waals surface area contributed by atoms with E-state index >= 15 is 0 Å². The largest absolute Gasteiger partial charge is 0.460 e. The molecule has 0 unspecified atom stereocenters. The molecule has 0 saturated carbocycles. The van der Waals surface area contributed by atoms with Crippen LogP contribution < -0.4 is 5.32 Å². The summed E-state index contributed by atoms with van der Waals surface area (Å²) < 4.78 is 10.3. The molecule has 0 spiro atoms. The van der Waals surface area contributed by atoms with Crippen molar-refractivity contribution in [2.75, 3.05) is 26.1 Å². The number of rotatable bonds is 9. The van der Waals surface area contributed by atoms with Gasteiger partial charge < -0.3 is 14.8 Å². The number of halogens is 1. The van der Waals surface area contributed by atoms with Gasteiger partial charge in [0.25, 0.3) is 0 Å². The third-order valence-electron chi connectivity index (χ3n) is 4.35. The fraction of sp³-hybridized carbons (Fsp3) is 0.429. The molecule has 0 amide bonds. The summed E-state index contributed by atoms with van der Waals surface area (Å²) >= 11 is 8.04. The zero-order chi connectivity index (χ0) is 20.5. The van der Waals surface area contributed by atoms with Gasteiger partial charge in [-0.05, 0) is 30.7 Å². The normalized spacial score (nSPS) is 16.6. The number of carbonyl (C=O) groups excluding carboxylic acids is 1. The Morgan fingerprint density at radius 1 is 1.36 bits per heavy atom. The molecule has 1 atom stereocenters. The van der Waals surface area contributed by atoms with Gasteiger partial charge in [0.1, 0.15) is 6.61 Å². The summed E-state index contributed by atoms with van der Waals surface area (Å²) in [7, 11) is 1.55. The third-order valence-corrected chi connectivity index (χ3v) is 5.80. The molecular formula is C21H25ClN2O3S. The number of hydrogen-bond donors (Lipinski definition) is 1. The Kier molecular flexibility index (Phi) is 8.91. The maximum Gasteiger partial charge on any atom is 0.336 e. The molecule has 0 bridgehead atoms. The standard InChI is InChI=1S/C21H25ClN2O3S/c1-4-5-12-28-20-16(13-23)19(15-8-6-7-9-17(15)22)18(14(2)24-20)21(25)27-11-10-26-3/h6-9,19,24H,4-5,10-12H2,1-3H3/t19-/m0/s1. The van der Waals surface area contributed by atoms with E-state index in [-0.39, 0.29) is 6.61 Å². The van der Waals surface area contributed by atoms with Crippen molar-refractivity contribution in [3.8, 4) is 6.07 Å². The highest BCUT2D eigenvalue weighted by Gasteiger charge is 2.36. The van der Waals surface area contributed by atoms with Gasteiger partial charge in [-0.25, -0.2) is 4.79 Å². The van der Waals surface area contributed by atoms with E-state index in [1.165, 1.54) is 0 Å². The average molecular weight is 421 g/mol. The number of thioether (sulfide) groups is 1. The zero-order valence-electron chi connectivity index (χ0n) is 16.4. The molecule has 0 aliphatic carbocycles. The number of nitrogens with zero attached hydrogens (tertiary/aromatic N) is 1. The van der Waals surface area contributed by atoms with E-state index in [1.54, 1.807) is 24.9 Å². The molecule has 1 aliphatic rings. The predicted octanol–water partition coefficient (Wildman–Crippen LogP) is 4.76. The fourth-order valence-corrected chi connectivity index (χ4v) is 4.36. The first-order valence-corrected chi connectivity index (χ1v) is 10.6. The van der Waals surface area contributed by atoms with Gasteiger partial charge in [0.2, 0.25) is 0 Å². The summed E-state index contributed by atoms with van der Waals surface area (Å²) in [6.07, 6.45) is 2.11. The van der Waals surface area contributed by atoms with Gasteiger partial charge in [0.05, 0.1) is 34.8 Å². The van der Waals surface area contributed by atoms with E-state index in [9.17, 15) is 10.1 Å². The number of benzene rings is 1. The molecule has 1 N–H and O–H groups in total. The molecule has 1 aliphatic heterocycles. The molecule has 1 aromatic rings. The lowest BCUT2D eigenvalue weighted by atomic mass is 9.82. The first-order chi connectivity index (χ1) is 13.5. The number of nitriles is 1. The number of nitrogens with one attached hydrogen (secondary N) is 1. The molecule has 7 heteroatoms. The van der Waals surface area contributed by atoms with Gasteiger partial charge in [-0.15, -0.1) is 11.8 Å². The molecule has 28 heavy (non-hydrogen) atoms. The number of carbonyl (C=O) groups is 1. The van der Waals surface area contributed by atoms with Crippen LogP contribution in [-0.2, 0) is 14.3 Å². The quantitative estimate of drug-likeness (QED) is 0.458. The summed E-state index contributed by atoms with van der Waals surface area (Å²) in [5.41, 5.74) is 2.28. The predicted molar refractivity (Wildman–Crippen MR) is 113 cm³/mol. The van der Waals surface area contributed by atoms with Crippen LogP contribution in [0.5, 0.6) is 0 Å². The van der Waals surface area contributed by atoms with Gasteiger partial charge in [-0.1, -0.05) is 43.1 Å². The number of hydrogen-bond acceptors (Lipinski definition) is 6. The number of esters is 1. The van der Waals surface area contributed by atoms with E-state index in [0.29, 0.717) is 34.0 Å². The van der Waals surface area contributed by atoms with E-state index in [1.807, 2.05) is 25.1 Å². The average Bonchev–Trinajstić information content (AvgIpc) is 2.68. The Hall–Kier alpha value is -1.94. The number of ether oxygens (including phenoxy) is 2. The minimum Gasteiger partial charge on any atom is -0.460 e. The van der Waals surface area contributed by atoms with E-state index < -0.39 is 11.9 Å².